The third kappa shape index (κ3) is 5.24. The Morgan fingerprint density at radius 1 is 1.07 bits per heavy atom. The van der Waals surface area contributed by atoms with Gasteiger partial charge in [0.1, 0.15) is 11.5 Å². The van der Waals surface area contributed by atoms with Crippen LogP contribution in [0.5, 0.6) is 0 Å². The average Bonchev–Trinajstić information content (AvgIpc) is 2.97. The molecule has 2 N–H and O–H groups in total. The number of nitrogens with two attached hydrogens (primary N) is 1. The smallest absolute Gasteiger partial charge is 0.273 e. The van der Waals surface area contributed by atoms with Gasteiger partial charge in [-0.3, -0.25) is 9.59 Å². The number of thiazole rings is 1. The number of nitrogens with zero attached hydrogens (tertiary/aromatic N) is 3. The third-order valence-electron chi connectivity index (χ3n) is 4.29. The summed E-state index contributed by atoms with van der Waals surface area (Å²) in [6, 6.07) is 5.53. The van der Waals surface area contributed by atoms with Crippen LogP contribution in [0.25, 0.3) is 0 Å². The van der Waals surface area contributed by atoms with Crippen molar-refractivity contribution in [3.63, 3.8) is 0 Å². The number of hydrogen-bond acceptors (Lipinski definition) is 5. The van der Waals surface area contributed by atoms with Crippen LogP contribution in [0.15, 0.2) is 29.6 Å². The van der Waals surface area contributed by atoms with E-state index in [1.807, 2.05) is 0 Å². The van der Waals surface area contributed by atoms with Crippen LogP contribution in [0.4, 0.5) is 4.39 Å². The van der Waals surface area contributed by atoms with Crippen LogP contribution in [0.1, 0.15) is 32.3 Å². The number of rotatable bonds is 4. The molecular weight excluding hydrogens is 391 g/mol. The monoisotopic (exact) mass is 412 g/mol. The van der Waals surface area contributed by atoms with E-state index in [9.17, 15) is 14.0 Å². The molecule has 0 atom stereocenters. The minimum atomic E-state index is -0.369. The zero-order valence-electron chi connectivity index (χ0n) is 14.8. The van der Waals surface area contributed by atoms with Crippen LogP contribution in [-0.4, -0.2) is 59.3 Å². The van der Waals surface area contributed by atoms with Gasteiger partial charge in [0.05, 0.1) is 5.01 Å². The quantitative estimate of drug-likeness (QED) is 0.834. The SMILES string of the molecule is Cl.NCCc1nc(C(=O)N2CCCN(C(=O)c3ccc(F)cc3)CC2)cs1. The summed E-state index contributed by atoms with van der Waals surface area (Å²) >= 11 is 1.44. The minimum absolute atomic E-state index is 0. The first kappa shape index (κ1) is 21.3. The summed E-state index contributed by atoms with van der Waals surface area (Å²) in [5.74, 6) is -0.620. The molecule has 0 unspecified atom stereocenters. The molecule has 9 heteroatoms. The molecule has 1 aliphatic rings. The number of carbonyl (C=O) groups is 2. The lowest BCUT2D eigenvalue weighted by Crippen LogP contribution is -2.37. The molecule has 1 fully saturated rings. The molecule has 0 radical (unpaired) electrons. The fraction of sp³-hybridized carbons (Fsp3) is 0.389. The summed E-state index contributed by atoms with van der Waals surface area (Å²) in [5.41, 5.74) is 6.42. The molecule has 3 rings (SSSR count). The van der Waals surface area contributed by atoms with Crippen molar-refractivity contribution in [2.45, 2.75) is 12.8 Å². The van der Waals surface area contributed by atoms with Crippen molar-refractivity contribution >= 4 is 35.6 Å². The first-order chi connectivity index (χ1) is 12.6. The fourth-order valence-corrected chi connectivity index (χ4v) is 3.70. The lowest BCUT2D eigenvalue weighted by Gasteiger charge is -2.21. The van der Waals surface area contributed by atoms with Gasteiger partial charge < -0.3 is 15.5 Å². The number of amides is 2. The minimum Gasteiger partial charge on any atom is -0.337 e. The van der Waals surface area contributed by atoms with E-state index in [0.29, 0.717) is 56.8 Å². The molecule has 1 saturated heterocycles. The summed E-state index contributed by atoms with van der Waals surface area (Å²) in [6.07, 6.45) is 1.36. The van der Waals surface area contributed by atoms with Gasteiger partial charge in [0.2, 0.25) is 0 Å². The van der Waals surface area contributed by atoms with E-state index in [1.165, 1.54) is 35.6 Å². The Morgan fingerprint density at radius 3 is 2.33 bits per heavy atom. The van der Waals surface area contributed by atoms with E-state index in [-0.39, 0.29) is 30.0 Å². The molecular formula is C18H22ClFN4O2S. The number of carbonyl (C=O) groups excluding carboxylic acids is 2. The standard InChI is InChI=1S/C18H21FN4O2S.ClH/c19-14-4-2-13(3-5-14)17(24)22-8-1-9-23(11-10-22)18(25)15-12-26-16(21-15)6-7-20;/h2-5,12H,1,6-11,20H2;1H. The Balaban J connectivity index is 0.00000261. The van der Waals surface area contributed by atoms with Crippen molar-refractivity contribution in [1.82, 2.24) is 14.8 Å². The van der Waals surface area contributed by atoms with Gasteiger partial charge in [-0.1, -0.05) is 0 Å². The van der Waals surface area contributed by atoms with Gasteiger partial charge in [-0.2, -0.15) is 0 Å². The molecule has 2 amide bonds. The zero-order chi connectivity index (χ0) is 18.5. The van der Waals surface area contributed by atoms with E-state index >= 15 is 0 Å². The Morgan fingerprint density at radius 2 is 1.70 bits per heavy atom. The number of benzene rings is 1. The lowest BCUT2D eigenvalue weighted by molar-refractivity contribution is 0.0716. The molecule has 1 aliphatic heterocycles. The molecule has 1 aromatic heterocycles. The maximum atomic E-state index is 13.0. The first-order valence-electron chi connectivity index (χ1n) is 8.57. The lowest BCUT2D eigenvalue weighted by atomic mass is 10.2. The Labute approximate surface area is 167 Å². The van der Waals surface area contributed by atoms with Crippen molar-refractivity contribution in [3.05, 3.63) is 51.7 Å². The van der Waals surface area contributed by atoms with E-state index < -0.39 is 0 Å². The van der Waals surface area contributed by atoms with E-state index in [1.54, 1.807) is 15.2 Å². The van der Waals surface area contributed by atoms with Gasteiger partial charge >= 0.3 is 0 Å². The molecule has 2 heterocycles. The van der Waals surface area contributed by atoms with Gasteiger partial charge in [-0.05, 0) is 37.2 Å². The summed E-state index contributed by atoms with van der Waals surface area (Å²) in [4.78, 5) is 33.0. The second-order valence-corrected chi connectivity index (χ2v) is 7.05. The van der Waals surface area contributed by atoms with Gasteiger partial charge in [0.25, 0.3) is 11.8 Å². The maximum Gasteiger partial charge on any atom is 0.273 e. The number of aromatic nitrogens is 1. The van der Waals surface area contributed by atoms with Gasteiger partial charge in [0, 0.05) is 43.5 Å². The van der Waals surface area contributed by atoms with Crippen molar-refractivity contribution < 1.29 is 14.0 Å². The normalized spacial score (nSPS) is 14.4. The number of halogens is 2. The van der Waals surface area contributed by atoms with E-state index in [0.717, 1.165) is 5.01 Å². The van der Waals surface area contributed by atoms with Crippen LogP contribution >= 0.6 is 23.7 Å². The van der Waals surface area contributed by atoms with Gasteiger partial charge in [-0.15, -0.1) is 23.7 Å². The summed E-state index contributed by atoms with van der Waals surface area (Å²) in [6.45, 7) is 2.55. The molecule has 0 spiro atoms. The van der Waals surface area contributed by atoms with Crippen LogP contribution < -0.4 is 5.73 Å². The van der Waals surface area contributed by atoms with E-state index in [2.05, 4.69) is 4.98 Å². The first-order valence-corrected chi connectivity index (χ1v) is 9.45. The molecule has 0 bridgehead atoms. The average molecular weight is 413 g/mol. The molecule has 0 aliphatic carbocycles. The Kier molecular flexibility index (Phi) is 7.70. The third-order valence-corrected chi connectivity index (χ3v) is 5.20. The van der Waals surface area contributed by atoms with Crippen molar-refractivity contribution in [2.24, 2.45) is 5.73 Å². The van der Waals surface area contributed by atoms with Crippen molar-refractivity contribution in [3.8, 4) is 0 Å². The maximum absolute atomic E-state index is 13.0. The summed E-state index contributed by atoms with van der Waals surface area (Å²) in [5, 5.41) is 2.62. The van der Waals surface area contributed by atoms with Crippen LogP contribution in [0, 0.1) is 5.82 Å². The van der Waals surface area contributed by atoms with Gasteiger partial charge in [0.15, 0.2) is 0 Å². The fourth-order valence-electron chi connectivity index (χ4n) is 2.91. The highest BCUT2D eigenvalue weighted by atomic mass is 35.5. The molecule has 6 nitrogen and oxygen atoms in total. The van der Waals surface area contributed by atoms with Crippen LogP contribution in [0.3, 0.4) is 0 Å². The second kappa shape index (κ2) is 9.77. The van der Waals surface area contributed by atoms with Gasteiger partial charge in [-0.25, -0.2) is 9.37 Å². The number of hydrogen-bond donors (Lipinski definition) is 1. The Hall–Kier alpha value is -2.03. The van der Waals surface area contributed by atoms with Crippen LogP contribution in [0.2, 0.25) is 0 Å². The molecule has 0 saturated carbocycles. The van der Waals surface area contributed by atoms with E-state index in [4.69, 9.17) is 5.73 Å². The largest absolute Gasteiger partial charge is 0.337 e. The topological polar surface area (TPSA) is 79.5 Å². The van der Waals surface area contributed by atoms with Crippen molar-refractivity contribution in [1.29, 1.82) is 0 Å². The summed E-state index contributed by atoms with van der Waals surface area (Å²) < 4.78 is 13.0. The predicted molar refractivity (Wildman–Crippen MR) is 105 cm³/mol. The second-order valence-electron chi connectivity index (χ2n) is 6.11. The predicted octanol–water partition coefficient (Wildman–Crippen LogP) is 2.19. The zero-order valence-corrected chi connectivity index (χ0v) is 16.4. The van der Waals surface area contributed by atoms with Crippen LogP contribution in [-0.2, 0) is 6.42 Å². The Bertz CT molecular complexity index is 784. The molecule has 2 aromatic rings. The molecule has 27 heavy (non-hydrogen) atoms. The highest BCUT2D eigenvalue weighted by molar-refractivity contribution is 7.09. The highest BCUT2D eigenvalue weighted by Gasteiger charge is 2.24. The highest BCUT2D eigenvalue weighted by Crippen LogP contribution is 2.15. The molecule has 146 valence electrons. The summed E-state index contributed by atoms with van der Waals surface area (Å²) in [7, 11) is 0. The molecule has 1 aromatic carbocycles. The van der Waals surface area contributed by atoms with Crippen molar-refractivity contribution in [2.75, 3.05) is 32.7 Å².